The highest BCUT2D eigenvalue weighted by atomic mass is 16.6. The number of esters is 4. The third-order valence-electron chi connectivity index (χ3n) is 5.28. The maximum atomic E-state index is 12.2. The highest BCUT2D eigenvalue weighted by Gasteiger charge is 2.44. The predicted molar refractivity (Wildman–Crippen MR) is 127 cm³/mol. The monoisotopic (exact) mass is 474 g/mol. The molecule has 3 rings (SSSR count). The van der Waals surface area contributed by atoms with Gasteiger partial charge in [-0.05, 0) is 23.3 Å². The fourth-order valence-electron chi connectivity index (χ4n) is 3.89. The van der Waals surface area contributed by atoms with Crippen molar-refractivity contribution in [2.75, 3.05) is 0 Å². The Balaban J connectivity index is 2.33. The van der Waals surface area contributed by atoms with E-state index in [1.165, 1.54) is 12.1 Å². The number of ether oxygens (including phenoxy) is 4. The first-order valence-electron chi connectivity index (χ1n) is 10.3. The summed E-state index contributed by atoms with van der Waals surface area (Å²) in [6, 6.07) is 6.29. The van der Waals surface area contributed by atoms with Crippen LogP contribution >= 0.6 is 0 Å². The van der Waals surface area contributed by atoms with Crippen molar-refractivity contribution in [3.63, 3.8) is 0 Å². The summed E-state index contributed by atoms with van der Waals surface area (Å²) in [6.45, 7) is 17.2. The van der Waals surface area contributed by atoms with E-state index in [2.05, 4.69) is 26.3 Å². The highest BCUT2D eigenvalue weighted by molar-refractivity contribution is 5.94. The van der Waals surface area contributed by atoms with Gasteiger partial charge in [0.15, 0.2) is 23.0 Å². The van der Waals surface area contributed by atoms with Gasteiger partial charge in [-0.15, -0.1) is 0 Å². The Kier molecular flexibility index (Phi) is 6.86. The Morgan fingerprint density at radius 3 is 1.23 bits per heavy atom. The van der Waals surface area contributed by atoms with Crippen molar-refractivity contribution in [3.05, 3.63) is 86.0 Å². The van der Waals surface area contributed by atoms with Crippen LogP contribution < -0.4 is 18.9 Å². The average molecular weight is 474 g/mol. The smallest absolute Gasteiger partial charge is 0.335 e. The minimum absolute atomic E-state index is 0.0190. The minimum Gasteiger partial charge on any atom is -0.419 e. The number of carbonyl (C=O) groups is 4. The SMILES string of the molecule is C=CC(=O)Oc1ccc2c(c1OC(=O)C=C)C(C)(C)c1c-2ccc(OC(=O)C=C)c1OC(=O)C=C. The molecule has 0 heterocycles. The van der Waals surface area contributed by atoms with Gasteiger partial charge in [-0.25, -0.2) is 19.2 Å². The highest BCUT2D eigenvalue weighted by Crippen LogP contribution is 2.59. The molecule has 0 saturated heterocycles. The molecule has 0 unspecified atom stereocenters. The summed E-state index contributed by atoms with van der Waals surface area (Å²) < 4.78 is 21.7. The van der Waals surface area contributed by atoms with E-state index < -0.39 is 29.3 Å². The summed E-state index contributed by atoms with van der Waals surface area (Å²) in [6.07, 6.45) is 3.88. The van der Waals surface area contributed by atoms with Gasteiger partial charge in [0.2, 0.25) is 0 Å². The minimum atomic E-state index is -0.995. The lowest BCUT2D eigenvalue weighted by atomic mass is 9.81. The van der Waals surface area contributed by atoms with Gasteiger partial charge in [-0.1, -0.05) is 52.3 Å². The lowest BCUT2D eigenvalue weighted by Crippen LogP contribution is -2.21. The largest absolute Gasteiger partial charge is 0.419 e. The van der Waals surface area contributed by atoms with Gasteiger partial charge in [0, 0.05) is 40.8 Å². The molecular formula is C27H22O8. The van der Waals surface area contributed by atoms with Gasteiger partial charge < -0.3 is 18.9 Å². The zero-order valence-electron chi connectivity index (χ0n) is 19.2. The first-order chi connectivity index (χ1) is 16.6. The topological polar surface area (TPSA) is 105 Å². The second-order valence-electron chi connectivity index (χ2n) is 7.76. The number of carbonyl (C=O) groups excluding carboxylic acids is 4. The molecule has 35 heavy (non-hydrogen) atoms. The number of rotatable bonds is 8. The van der Waals surface area contributed by atoms with Crippen molar-refractivity contribution in [2.24, 2.45) is 0 Å². The summed E-state index contributed by atoms with van der Waals surface area (Å²) in [5.41, 5.74) is 1.19. The van der Waals surface area contributed by atoms with Crippen LogP contribution in [0.15, 0.2) is 74.9 Å². The molecule has 0 spiro atoms. The molecule has 2 aromatic rings. The Bertz CT molecular complexity index is 1210. The summed E-state index contributed by atoms with van der Waals surface area (Å²) in [7, 11) is 0. The van der Waals surface area contributed by atoms with Crippen LogP contribution in [-0.2, 0) is 24.6 Å². The zero-order chi connectivity index (χ0) is 25.9. The predicted octanol–water partition coefficient (Wildman–Crippen LogP) is 4.36. The van der Waals surface area contributed by atoms with Crippen LogP contribution in [0.1, 0.15) is 25.0 Å². The molecule has 1 aliphatic rings. The Morgan fingerprint density at radius 1 is 0.600 bits per heavy atom. The molecule has 0 aliphatic heterocycles. The van der Waals surface area contributed by atoms with E-state index in [0.717, 1.165) is 24.3 Å². The van der Waals surface area contributed by atoms with Crippen molar-refractivity contribution in [3.8, 4) is 34.1 Å². The Labute approximate surface area is 201 Å². The van der Waals surface area contributed by atoms with Crippen LogP contribution in [0.4, 0.5) is 0 Å². The molecule has 0 bridgehead atoms. The van der Waals surface area contributed by atoms with Crippen LogP contribution in [0.3, 0.4) is 0 Å². The first kappa shape index (κ1) is 24.9. The third kappa shape index (κ3) is 4.54. The lowest BCUT2D eigenvalue weighted by molar-refractivity contribution is -0.131. The quantitative estimate of drug-likeness (QED) is 0.316. The number of fused-ring (bicyclic) bond motifs is 3. The van der Waals surface area contributed by atoms with Crippen LogP contribution in [0.2, 0.25) is 0 Å². The van der Waals surface area contributed by atoms with Crippen molar-refractivity contribution < 1.29 is 38.1 Å². The number of hydrogen-bond donors (Lipinski definition) is 0. The van der Waals surface area contributed by atoms with Crippen LogP contribution in [0, 0.1) is 0 Å². The Hall–Kier alpha value is -4.72. The molecule has 0 amide bonds. The maximum absolute atomic E-state index is 12.2. The Morgan fingerprint density at radius 2 is 0.914 bits per heavy atom. The number of benzene rings is 2. The first-order valence-corrected chi connectivity index (χ1v) is 10.3. The van der Waals surface area contributed by atoms with Crippen LogP contribution in [0.5, 0.6) is 23.0 Å². The molecule has 8 nitrogen and oxygen atoms in total. The van der Waals surface area contributed by atoms with E-state index >= 15 is 0 Å². The third-order valence-corrected chi connectivity index (χ3v) is 5.28. The summed E-state index contributed by atoms with van der Waals surface area (Å²) >= 11 is 0. The average Bonchev–Trinajstić information content (AvgIpc) is 3.08. The van der Waals surface area contributed by atoms with Gasteiger partial charge in [-0.2, -0.15) is 0 Å². The van der Waals surface area contributed by atoms with E-state index in [1.54, 1.807) is 26.0 Å². The molecule has 0 N–H and O–H groups in total. The van der Waals surface area contributed by atoms with E-state index in [-0.39, 0.29) is 23.0 Å². The zero-order valence-corrected chi connectivity index (χ0v) is 19.2. The van der Waals surface area contributed by atoms with E-state index in [1.807, 2.05) is 0 Å². The molecule has 0 aromatic heterocycles. The molecule has 0 fully saturated rings. The summed E-state index contributed by atoms with van der Waals surface area (Å²) in [5, 5.41) is 0. The fraction of sp³-hybridized carbons (Fsp3) is 0.111. The van der Waals surface area contributed by atoms with Crippen molar-refractivity contribution in [1.82, 2.24) is 0 Å². The molecular weight excluding hydrogens is 452 g/mol. The summed E-state index contributed by atoms with van der Waals surface area (Å²) in [4.78, 5) is 48.2. The van der Waals surface area contributed by atoms with Crippen molar-refractivity contribution >= 4 is 23.9 Å². The molecule has 1 aliphatic carbocycles. The standard InChI is InChI=1S/C27H22O8/c1-7-19(28)32-17-13-11-15-16-12-14-18(33-20(29)8-2)26(35-22(31)10-4)24(16)27(5,6)23(15)25(17)34-21(30)9-3/h7-14H,1-4H2,5-6H3. The van der Waals surface area contributed by atoms with E-state index in [0.29, 0.717) is 22.3 Å². The molecule has 0 atom stereocenters. The van der Waals surface area contributed by atoms with Crippen molar-refractivity contribution in [1.29, 1.82) is 0 Å². The van der Waals surface area contributed by atoms with Gasteiger partial charge in [0.1, 0.15) is 0 Å². The molecule has 8 heteroatoms. The molecule has 0 radical (unpaired) electrons. The van der Waals surface area contributed by atoms with Crippen molar-refractivity contribution in [2.45, 2.75) is 19.3 Å². The van der Waals surface area contributed by atoms with E-state index in [9.17, 15) is 19.2 Å². The van der Waals surface area contributed by atoms with Gasteiger partial charge in [0.25, 0.3) is 0 Å². The fourth-order valence-corrected chi connectivity index (χ4v) is 3.89. The normalized spacial score (nSPS) is 12.3. The van der Waals surface area contributed by atoms with Gasteiger partial charge in [0.05, 0.1) is 0 Å². The lowest BCUT2D eigenvalue weighted by Gasteiger charge is -2.26. The van der Waals surface area contributed by atoms with Crippen LogP contribution in [0.25, 0.3) is 11.1 Å². The molecule has 178 valence electrons. The number of hydrogen-bond acceptors (Lipinski definition) is 8. The molecule has 0 saturated carbocycles. The second kappa shape index (κ2) is 9.64. The summed E-state index contributed by atoms with van der Waals surface area (Å²) in [5.74, 6) is -3.15. The molecule has 2 aromatic carbocycles. The second-order valence-corrected chi connectivity index (χ2v) is 7.76. The van der Waals surface area contributed by atoms with Crippen LogP contribution in [-0.4, -0.2) is 23.9 Å². The van der Waals surface area contributed by atoms with Gasteiger partial charge in [-0.3, -0.25) is 0 Å². The maximum Gasteiger partial charge on any atom is 0.335 e. The van der Waals surface area contributed by atoms with E-state index in [4.69, 9.17) is 18.9 Å². The van der Waals surface area contributed by atoms with Gasteiger partial charge >= 0.3 is 23.9 Å².